The van der Waals surface area contributed by atoms with Crippen LogP contribution in [0.3, 0.4) is 0 Å². The van der Waals surface area contributed by atoms with Crippen molar-refractivity contribution in [2.45, 2.75) is 65.5 Å². The maximum absolute atomic E-state index is 13.0. The van der Waals surface area contributed by atoms with Gasteiger partial charge in [0.15, 0.2) is 11.5 Å². The standard InChI is InChI=1S/C23H34N2O6/c1-7-9-10-16-19(22(26)31-14(3)4)20(25-23(27)24-16)15-12-17(28-5)21(30-11-8-2)18(13-15)29-6/h12-14,20H,7-11H2,1-6H3,(H2,24,25,27). The third kappa shape index (κ3) is 6.06. The summed E-state index contributed by atoms with van der Waals surface area (Å²) in [5.41, 5.74) is 1.59. The number of nitrogens with one attached hydrogen (secondary N) is 2. The van der Waals surface area contributed by atoms with Crippen molar-refractivity contribution in [2.75, 3.05) is 20.8 Å². The maximum atomic E-state index is 13.0. The van der Waals surface area contributed by atoms with Crippen LogP contribution in [-0.4, -0.2) is 38.9 Å². The fourth-order valence-corrected chi connectivity index (χ4v) is 3.35. The van der Waals surface area contributed by atoms with Crippen molar-refractivity contribution in [3.8, 4) is 17.2 Å². The molecule has 0 spiro atoms. The Labute approximate surface area is 184 Å². The number of amides is 2. The molecule has 2 amide bonds. The molecular formula is C23H34N2O6. The Morgan fingerprint density at radius 3 is 2.26 bits per heavy atom. The molecule has 0 bridgehead atoms. The molecule has 8 nitrogen and oxygen atoms in total. The monoisotopic (exact) mass is 434 g/mol. The second kappa shape index (κ2) is 11.5. The van der Waals surface area contributed by atoms with Gasteiger partial charge in [-0.25, -0.2) is 9.59 Å². The highest BCUT2D eigenvalue weighted by atomic mass is 16.5. The van der Waals surface area contributed by atoms with Gasteiger partial charge in [0.25, 0.3) is 0 Å². The molecule has 0 aliphatic carbocycles. The van der Waals surface area contributed by atoms with Crippen LogP contribution in [0, 0.1) is 0 Å². The normalized spacial score (nSPS) is 16.0. The number of allylic oxidation sites excluding steroid dienone is 1. The van der Waals surface area contributed by atoms with E-state index in [9.17, 15) is 9.59 Å². The summed E-state index contributed by atoms with van der Waals surface area (Å²) in [4.78, 5) is 25.5. The van der Waals surface area contributed by atoms with Gasteiger partial charge in [0.05, 0.1) is 38.5 Å². The zero-order valence-electron chi connectivity index (χ0n) is 19.3. The number of hydrogen-bond donors (Lipinski definition) is 2. The van der Waals surface area contributed by atoms with Gasteiger partial charge in [-0.2, -0.15) is 0 Å². The van der Waals surface area contributed by atoms with Gasteiger partial charge < -0.3 is 29.6 Å². The summed E-state index contributed by atoms with van der Waals surface area (Å²) in [6, 6.07) is 2.42. The molecule has 1 aromatic carbocycles. The predicted molar refractivity (Wildman–Crippen MR) is 118 cm³/mol. The van der Waals surface area contributed by atoms with Crippen molar-refractivity contribution < 1.29 is 28.5 Å². The van der Waals surface area contributed by atoms with Crippen LogP contribution in [-0.2, 0) is 9.53 Å². The van der Waals surface area contributed by atoms with Gasteiger partial charge in [-0.3, -0.25) is 0 Å². The van der Waals surface area contributed by atoms with Crippen molar-refractivity contribution >= 4 is 12.0 Å². The zero-order chi connectivity index (χ0) is 23.0. The van der Waals surface area contributed by atoms with Crippen LogP contribution in [0.2, 0.25) is 0 Å². The SMILES string of the molecule is CCCCC1=C(C(=O)OC(C)C)C(c2cc(OC)c(OCCC)c(OC)c2)NC(=O)N1. The van der Waals surface area contributed by atoms with Crippen LogP contribution in [0.25, 0.3) is 0 Å². The van der Waals surface area contributed by atoms with Crippen molar-refractivity contribution in [1.29, 1.82) is 0 Å². The number of hydrogen-bond acceptors (Lipinski definition) is 6. The van der Waals surface area contributed by atoms with Gasteiger partial charge in [0.2, 0.25) is 5.75 Å². The third-order valence-corrected chi connectivity index (χ3v) is 4.76. The van der Waals surface area contributed by atoms with Crippen LogP contribution in [0.1, 0.15) is 65.0 Å². The number of esters is 1. The van der Waals surface area contributed by atoms with E-state index in [0.29, 0.717) is 47.1 Å². The summed E-state index contributed by atoms with van der Waals surface area (Å²) in [5.74, 6) is 0.935. The molecule has 0 saturated carbocycles. The second-order valence-corrected chi connectivity index (χ2v) is 7.58. The highest BCUT2D eigenvalue weighted by Crippen LogP contribution is 2.42. The Kier molecular flexibility index (Phi) is 9.03. The zero-order valence-corrected chi connectivity index (χ0v) is 19.3. The fraction of sp³-hybridized carbons (Fsp3) is 0.565. The molecule has 0 radical (unpaired) electrons. The van der Waals surface area contributed by atoms with Crippen LogP contribution < -0.4 is 24.8 Å². The Bertz CT molecular complexity index is 793. The molecule has 1 aliphatic rings. The minimum Gasteiger partial charge on any atom is -0.493 e. The largest absolute Gasteiger partial charge is 0.493 e. The number of rotatable bonds is 11. The van der Waals surface area contributed by atoms with E-state index >= 15 is 0 Å². The fourth-order valence-electron chi connectivity index (χ4n) is 3.35. The van der Waals surface area contributed by atoms with E-state index in [1.807, 2.05) is 6.92 Å². The average Bonchev–Trinajstić information content (AvgIpc) is 2.74. The Hall–Kier alpha value is -2.90. The molecule has 2 rings (SSSR count). The highest BCUT2D eigenvalue weighted by molar-refractivity contribution is 5.95. The number of benzene rings is 1. The highest BCUT2D eigenvalue weighted by Gasteiger charge is 2.35. The van der Waals surface area contributed by atoms with Crippen LogP contribution in [0.5, 0.6) is 17.2 Å². The lowest BCUT2D eigenvalue weighted by Crippen LogP contribution is -2.46. The minimum atomic E-state index is -0.713. The van der Waals surface area contributed by atoms with Crippen molar-refractivity contribution in [3.05, 3.63) is 29.0 Å². The van der Waals surface area contributed by atoms with Crippen LogP contribution in [0.15, 0.2) is 23.4 Å². The first-order chi connectivity index (χ1) is 14.9. The van der Waals surface area contributed by atoms with Crippen molar-refractivity contribution in [1.82, 2.24) is 10.6 Å². The smallest absolute Gasteiger partial charge is 0.338 e. The number of methoxy groups -OCH3 is 2. The van der Waals surface area contributed by atoms with Gasteiger partial charge in [-0.15, -0.1) is 0 Å². The molecule has 0 saturated heterocycles. The number of ether oxygens (including phenoxy) is 4. The molecule has 1 atom stereocenters. The van der Waals surface area contributed by atoms with Crippen molar-refractivity contribution in [2.24, 2.45) is 0 Å². The first-order valence-electron chi connectivity index (χ1n) is 10.8. The summed E-state index contributed by atoms with van der Waals surface area (Å²) >= 11 is 0. The average molecular weight is 435 g/mol. The van der Waals surface area contributed by atoms with E-state index in [2.05, 4.69) is 17.6 Å². The second-order valence-electron chi connectivity index (χ2n) is 7.58. The van der Waals surface area contributed by atoms with E-state index < -0.39 is 12.0 Å². The summed E-state index contributed by atoms with van der Waals surface area (Å²) in [6.07, 6.45) is 2.86. The van der Waals surface area contributed by atoms with E-state index in [1.54, 1.807) is 26.0 Å². The van der Waals surface area contributed by atoms with E-state index in [-0.39, 0.29) is 12.1 Å². The molecule has 2 N–H and O–H groups in total. The number of urea groups is 1. The lowest BCUT2D eigenvalue weighted by atomic mass is 9.93. The topological polar surface area (TPSA) is 95.1 Å². The molecule has 1 aliphatic heterocycles. The van der Waals surface area contributed by atoms with Crippen LogP contribution in [0.4, 0.5) is 4.79 Å². The van der Waals surface area contributed by atoms with Gasteiger partial charge in [0, 0.05) is 5.70 Å². The Morgan fingerprint density at radius 2 is 1.74 bits per heavy atom. The molecule has 1 aromatic rings. The van der Waals surface area contributed by atoms with Crippen LogP contribution >= 0.6 is 0 Å². The lowest BCUT2D eigenvalue weighted by Gasteiger charge is -2.30. The number of carbonyl (C=O) groups excluding carboxylic acids is 2. The van der Waals surface area contributed by atoms with Gasteiger partial charge in [-0.05, 0) is 50.8 Å². The van der Waals surface area contributed by atoms with Gasteiger partial charge >= 0.3 is 12.0 Å². The summed E-state index contributed by atoms with van der Waals surface area (Å²) in [6.45, 7) is 8.15. The molecule has 0 aromatic heterocycles. The van der Waals surface area contributed by atoms with E-state index in [0.717, 1.165) is 19.3 Å². The van der Waals surface area contributed by atoms with E-state index in [1.165, 1.54) is 14.2 Å². The third-order valence-electron chi connectivity index (χ3n) is 4.76. The molecule has 0 fully saturated rings. The molecular weight excluding hydrogens is 400 g/mol. The first-order valence-corrected chi connectivity index (χ1v) is 10.8. The Morgan fingerprint density at radius 1 is 1.10 bits per heavy atom. The summed E-state index contributed by atoms with van der Waals surface area (Å²) < 4.78 is 22.4. The first kappa shape index (κ1) is 24.4. The van der Waals surface area contributed by atoms with Gasteiger partial charge in [-0.1, -0.05) is 20.3 Å². The number of carbonyl (C=O) groups is 2. The summed E-state index contributed by atoms with van der Waals surface area (Å²) in [7, 11) is 3.07. The molecule has 1 unspecified atom stereocenters. The maximum Gasteiger partial charge on any atom is 0.338 e. The molecule has 31 heavy (non-hydrogen) atoms. The van der Waals surface area contributed by atoms with E-state index in [4.69, 9.17) is 18.9 Å². The summed E-state index contributed by atoms with van der Waals surface area (Å²) in [5, 5.41) is 5.64. The van der Waals surface area contributed by atoms with Gasteiger partial charge in [0.1, 0.15) is 0 Å². The lowest BCUT2D eigenvalue weighted by molar-refractivity contribution is -0.143. The van der Waals surface area contributed by atoms with Crippen molar-refractivity contribution in [3.63, 3.8) is 0 Å². The molecule has 172 valence electrons. The minimum absolute atomic E-state index is 0.292. The molecule has 1 heterocycles. The quantitative estimate of drug-likeness (QED) is 0.506. The Balaban J connectivity index is 2.60. The predicted octanol–water partition coefficient (Wildman–Crippen LogP) is 4.24. The number of unbranched alkanes of at least 4 members (excludes halogenated alkanes) is 1. The molecule has 8 heteroatoms.